The van der Waals surface area contributed by atoms with Crippen molar-refractivity contribution in [3.8, 4) is 5.75 Å². The Kier molecular flexibility index (Phi) is 7.80. The average molecular weight is 542 g/mol. The molecular formula is C25H34F3N5O5. The molecule has 38 heavy (non-hydrogen) atoms. The van der Waals surface area contributed by atoms with Crippen LogP contribution < -0.4 is 20.4 Å². The van der Waals surface area contributed by atoms with E-state index < -0.39 is 12.1 Å². The molecule has 1 atom stereocenters. The van der Waals surface area contributed by atoms with Gasteiger partial charge in [0.15, 0.2) is 5.84 Å². The number of carboxylic acid groups (broad SMARTS) is 1. The summed E-state index contributed by atoms with van der Waals surface area (Å²) in [5, 5.41) is 15.2. The van der Waals surface area contributed by atoms with Gasteiger partial charge in [-0.05, 0) is 64.2 Å². The fourth-order valence-electron chi connectivity index (χ4n) is 5.16. The number of amidine groups is 1. The molecule has 2 fully saturated rings. The highest BCUT2D eigenvalue weighted by Gasteiger charge is 2.42. The van der Waals surface area contributed by atoms with Gasteiger partial charge < -0.3 is 24.8 Å². The van der Waals surface area contributed by atoms with Gasteiger partial charge in [-0.1, -0.05) is 0 Å². The Morgan fingerprint density at radius 1 is 1.26 bits per heavy atom. The number of benzene rings is 1. The lowest BCUT2D eigenvalue weighted by Gasteiger charge is -2.51. The smallest absolute Gasteiger partial charge is 0.483 e. The number of aliphatic carboxylic acids is 1. The van der Waals surface area contributed by atoms with Crippen LogP contribution in [0.1, 0.15) is 52.0 Å². The maximum Gasteiger partial charge on any atom is 0.490 e. The first-order valence-electron chi connectivity index (χ1n) is 12.7. The van der Waals surface area contributed by atoms with Gasteiger partial charge in [-0.25, -0.2) is 10.2 Å². The molecule has 0 saturated carbocycles. The number of nitrogens with one attached hydrogen (secondary N) is 2. The van der Waals surface area contributed by atoms with E-state index >= 15 is 0 Å². The minimum atomic E-state index is -5.08. The lowest BCUT2D eigenvalue weighted by atomic mass is 9.86. The van der Waals surface area contributed by atoms with Crippen LogP contribution in [-0.4, -0.2) is 84.4 Å². The van der Waals surface area contributed by atoms with E-state index in [2.05, 4.69) is 53.6 Å². The molecule has 4 aliphatic rings. The number of amides is 1. The van der Waals surface area contributed by atoms with Crippen LogP contribution in [0.25, 0.3) is 0 Å². The number of carbonyl (C=O) groups excluding carboxylic acids is 1. The summed E-state index contributed by atoms with van der Waals surface area (Å²) in [6, 6.07) is 4.58. The molecule has 4 heterocycles. The number of rotatable bonds is 4. The van der Waals surface area contributed by atoms with Gasteiger partial charge in [0, 0.05) is 38.0 Å². The number of likely N-dealkylation sites (tertiary alicyclic amines) is 1. The van der Waals surface area contributed by atoms with E-state index in [1.54, 1.807) is 0 Å². The van der Waals surface area contributed by atoms with Crippen LogP contribution in [0.2, 0.25) is 0 Å². The van der Waals surface area contributed by atoms with Crippen LogP contribution in [0.5, 0.6) is 5.75 Å². The standard InChI is InChI=1S/C23H33N5O3.C2HF3O2/c1-14(2)27-12-23(4,13-27)24-18-10-19-20(9-17(18)16-5-7-30-8-6-16)31-11-21-25-26-22(29)15(3)28(19)21;3-2(4,5)1(6)7/h9-10,14-16,24H,5-8,11-13H2,1-4H3,(H,26,29);(H,6,7). The molecule has 1 unspecified atom stereocenters. The maximum absolute atomic E-state index is 12.3. The number of fused-ring (bicyclic) bond motifs is 3. The Balaban J connectivity index is 0.000000426. The Hall–Kier alpha value is -3.06. The molecule has 0 bridgehead atoms. The average Bonchev–Trinajstić information content (AvgIpc) is 2.84. The van der Waals surface area contributed by atoms with Crippen LogP contribution in [0.4, 0.5) is 24.5 Å². The summed E-state index contributed by atoms with van der Waals surface area (Å²) in [5.74, 6) is -0.849. The van der Waals surface area contributed by atoms with Crippen molar-refractivity contribution in [3.63, 3.8) is 0 Å². The third-order valence-electron chi connectivity index (χ3n) is 7.26. The monoisotopic (exact) mass is 541 g/mol. The molecule has 0 aliphatic carbocycles. The van der Waals surface area contributed by atoms with Crippen LogP contribution in [0, 0.1) is 0 Å². The number of nitrogens with zero attached hydrogens (tertiary/aromatic N) is 3. The molecule has 1 amide bonds. The van der Waals surface area contributed by atoms with Crippen LogP contribution in [-0.2, 0) is 14.3 Å². The van der Waals surface area contributed by atoms with Gasteiger partial charge in [0.05, 0.1) is 11.2 Å². The summed E-state index contributed by atoms with van der Waals surface area (Å²) in [6.45, 7) is 12.7. The predicted octanol–water partition coefficient (Wildman–Crippen LogP) is 3.14. The first-order valence-corrected chi connectivity index (χ1v) is 12.7. The highest BCUT2D eigenvalue weighted by Crippen LogP contribution is 2.44. The molecule has 0 spiro atoms. The van der Waals surface area contributed by atoms with Crippen molar-refractivity contribution in [1.82, 2.24) is 10.3 Å². The lowest BCUT2D eigenvalue weighted by molar-refractivity contribution is -0.192. The number of carbonyl (C=O) groups is 2. The van der Waals surface area contributed by atoms with Crippen LogP contribution in [0.3, 0.4) is 0 Å². The second-order valence-electron chi connectivity index (χ2n) is 10.6. The van der Waals surface area contributed by atoms with E-state index in [9.17, 15) is 18.0 Å². The first kappa shape index (κ1) is 28.0. The number of anilines is 2. The summed E-state index contributed by atoms with van der Waals surface area (Å²) in [4.78, 5) is 25.7. The van der Waals surface area contributed by atoms with E-state index in [1.807, 2.05) is 11.8 Å². The number of hydrazone groups is 1. The zero-order valence-electron chi connectivity index (χ0n) is 21.9. The second-order valence-corrected chi connectivity index (χ2v) is 10.6. The van der Waals surface area contributed by atoms with E-state index in [0.717, 1.165) is 62.1 Å². The zero-order chi connectivity index (χ0) is 27.8. The number of hydrogen-bond donors (Lipinski definition) is 3. The van der Waals surface area contributed by atoms with Gasteiger partial charge in [0.2, 0.25) is 0 Å². The first-order chi connectivity index (χ1) is 17.8. The normalized spacial score (nSPS) is 23.1. The molecule has 4 aliphatic heterocycles. The molecule has 1 aromatic rings. The molecule has 13 heteroatoms. The number of hydrogen-bond acceptors (Lipinski definition) is 8. The molecule has 3 N–H and O–H groups in total. The molecule has 0 aromatic heterocycles. The minimum absolute atomic E-state index is 0.0236. The lowest BCUT2D eigenvalue weighted by Crippen LogP contribution is -2.65. The highest BCUT2D eigenvalue weighted by atomic mass is 19.4. The van der Waals surface area contributed by atoms with Crippen molar-refractivity contribution >= 4 is 29.1 Å². The largest absolute Gasteiger partial charge is 0.490 e. The van der Waals surface area contributed by atoms with Crippen molar-refractivity contribution in [3.05, 3.63) is 17.7 Å². The Morgan fingerprint density at radius 2 is 1.89 bits per heavy atom. The summed E-state index contributed by atoms with van der Waals surface area (Å²) in [6.07, 6.45) is -3.06. The SMILES string of the molecule is CC(C)N1CC(C)(Nc2cc3c(cc2C2CCOCC2)OCC2=NNC(=O)C(C)N23)C1.O=C(O)C(F)(F)F. The van der Waals surface area contributed by atoms with E-state index in [-0.39, 0.29) is 17.5 Å². The molecule has 210 valence electrons. The van der Waals surface area contributed by atoms with Crippen molar-refractivity contribution in [2.75, 3.05) is 43.1 Å². The van der Waals surface area contributed by atoms with Crippen molar-refractivity contribution in [2.45, 2.75) is 70.3 Å². The Morgan fingerprint density at radius 3 is 2.47 bits per heavy atom. The minimum Gasteiger partial charge on any atom is -0.483 e. The fourth-order valence-corrected chi connectivity index (χ4v) is 5.16. The number of halogens is 3. The van der Waals surface area contributed by atoms with Gasteiger partial charge in [-0.2, -0.15) is 18.3 Å². The number of alkyl halides is 3. The Bertz CT molecular complexity index is 1100. The van der Waals surface area contributed by atoms with E-state index in [0.29, 0.717) is 18.6 Å². The molecular weight excluding hydrogens is 507 g/mol. The van der Waals surface area contributed by atoms with Gasteiger partial charge >= 0.3 is 12.1 Å². The molecule has 5 rings (SSSR count). The van der Waals surface area contributed by atoms with Crippen molar-refractivity contribution in [1.29, 1.82) is 0 Å². The maximum atomic E-state index is 12.3. The molecule has 2 saturated heterocycles. The third-order valence-corrected chi connectivity index (χ3v) is 7.26. The fraction of sp³-hybridized carbons (Fsp3) is 0.640. The number of ether oxygens (including phenoxy) is 2. The topological polar surface area (TPSA) is 116 Å². The molecule has 1 aromatic carbocycles. The van der Waals surface area contributed by atoms with Crippen molar-refractivity contribution in [2.24, 2.45) is 5.10 Å². The summed E-state index contributed by atoms with van der Waals surface area (Å²) in [7, 11) is 0. The number of carboxylic acids is 1. The summed E-state index contributed by atoms with van der Waals surface area (Å²) >= 11 is 0. The van der Waals surface area contributed by atoms with Gasteiger partial charge in [-0.3, -0.25) is 9.69 Å². The van der Waals surface area contributed by atoms with Crippen LogP contribution in [0.15, 0.2) is 17.2 Å². The quantitative estimate of drug-likeness (QED) is 0.533. The summed E-state index contributed by atoms with van der Waals surface area (Å²) in [5.41, 5.74) is 5.97. The Labute approximate surface area is 219 Å². The summed E-state index contributed by atoms with van der Waals surface area (Å²) < 4.78 is 43.4. The van der Waals surface area contributed by atoms with E-state index in [4.69, 9.17) is 19.4 Å². The van der Waals surface area contributed by atoms with Crippen molar-refractivity contribution < 1.29 is 37.3 Å². The third kappa shape index (κ3) is 5.83. The zero-order valence-corrected chi connectivity index (χ0v) is 21.9. The van der Waals surface area contributed by atoms with Crippen LogP contribution >= 0.6 is 0 Å². The molecule has 10 nitrogen and oxygen atoms in total. The van der Waals surface area contributed by atoms with Gasteiger partial charge in [0.25, 0.3) is 5.91 Å². The molecule has 0 radical (unpaired) electrons. The van der Waals surface area contributed by atoms with E-state index in [1.165, 1.54) is 5.56 Å². The van der Waals surface area contributed by atoms with Gasteiger partial charge in [0.1, 0.15) is 18.4 Å². The van der Waals surface area contributed by atoms with Gasteiger partial charge in [-0.15, -0.1) is 0 Å². The second kappa shape index (κ2) is 10.6. The highest BCUT2D eigenvalue weighted by molar-refractivity contribution is 6.09. The predicted molar refractivity (Wildman–Crippen MR) is 135 cm³/mol.